The third-order valence-electron chi connectivity index (χ3n) is 1.32. The van der Waals surface area contributed by atoms with Crippen LogP contribution >= 0.6 is 24.0 Å². The molecule has 1 aromatic rings. The van der Waals surface area contributed by atoms with Gasteiger partial charge in [0, 0.05) is 18.6 Å². The molecule has 2 nitrogen and oxygen atoms in total. The van der Waals surface area contributed by atoms with Crippen LogP contribution in [0, 0.1) is 0 Å². The van der Waals surface area contributed by atoms with Crippen LogP contribution < -0.4 is 5.73 Å². The fourth-order valence-corrected chi connectivity index (χ4v) is 1.02. The van der Waals surface area contributed by atoms with E-state index in [1.165, 1.54) is 0 Å². The molecule has 1 rings (SSSR count). The zero-order valence-electron chi connectivity index (χ0n) is 5.96. The van der Waals surface area contributed by atoms with Crippen LogP contribution in [-0.2, 0) is 12.4 Å². The number of aromatic nitrogens is 1. The number of nitrogens with zero attached hydrogens (tertiary/aromatic N) is 1. The molecule has 0 aliphatic heterocycles. The smallest absolute Gasteiger partial charge is 0.0583 e. The molecule has 0 saturated carbocycles. The summed E-state index contributed by atoms with van der Waals surface area (Å²) in [7, 11) is 0. The second-order valence-corrected chi connectivity index (χ2v) is 2.21. The van der Waals surface area contributed by atoms with E-state index in [4.69, 9.17) is 17.3 Å². The van der Waals surface area contributed by atoms with Crippen molar-refractivity contribution in [3.05, 3.63) is 29.6 Å². The van der Waals surface area contributed by atoms with Crippen molar-refractivity contribution in [3.8, 4) is 0 Å². The van der Waals surface area contributed by atoms with Crippen molar-refractivity contribution in [2.75, 3.05) is 0 Å². The summed E-state index contributed by atoms with van der Waals surface area (Å²) in [6.07, 6.45) is 1.72. The molecule has 1 aromatic heterocycles. The Morgan fingerprint density at radius 2 is 2.27 bits per heavy atom. The molecule has 1 heterocycles. The van der Waals surface area contributed by atoms with Crippen molar-refractivity contribution in [2.24, 2.45) is 5.73 Å². The minimum atomic E-state index is 0. The first kappa shape index (κ1) is 10.7. The molecular formula is C7H10Cl2N2. The number of alkyl halides is 1. The molecule has 4 heteroatoms. The molecule has 0 aliphatic carbocycles. The fraction of sp³-hybridized carbons (Fsp3) is 0.286. The van der Waals surface area contributed by atoms with Crippen molar-refractivity contribution in [3.63, 3.8) is 0 Å². The molecule has 0 aromatic carbocycles. The van der Waals surface area contributed by atoms with Crippen LogP contribution in [0.3, 0.4) is 0 Å². The largest absolute Gasteiger partial charge is 0.325 e. The van der Waals surface area contributed by atoms with Crippen molar-refractivity contribution in [1.82, 2.24) is 4.98 Å². The summed E-state index contributed by atoms with van der Waals surface area (Å²) in [5, 5.41) is 0. The third-order valence-corrected chi connectivity index (χ3v) is 1.61. The zero-order chi connectivity index (χ0) is 7.40. The standard InChI is InChI=1S/C7H9ClN2.ClH/c8-4-6-2-1-3-10-7(6)5-9;/h1-3H,4-5,9H2;1H. The van der Waals surface area contributed by atoms with Gasteiger partial charge in [-0.15, -0.1) is 24.0 Å². The van der Waals surface area contributed by atoms with Crippen LogP contribution in [-0.4, -0.2) is 4.98 Å². The minimum Gasteiger partial charge on any atom is -0.325 e. The maximum Gasteiger partial charge on any atom is 0.0583 e. The Hall–Kier alpha value is -0.310. The molecule has 0 aliphatic rings. The molecule has 0 radical (unpaired) electrons. The van der Waals surface area contributed by atoms with Crippen molar-refractivity contribution >= 4 is 24.0 Å². The Kier molecular flexibility index (Phi) is 5.20. The highest BCUT2D eigenvalue weighted by Crippen LogP contribution is 2.06. The van der Waals surface area contributed by atoms with E-state index in [0.29, 0.717) is 12.4 Å². The average molecular weight is 193 g/mol. The van der Waals surface area contributed by atoms with Gasteiger partial charge >= 0.3 is 0 Å². The molecule has 0 unspecified atom stereocenters. The highest BCUT2D eigenvalue weighted by molar-refractivity contribution is 6.17. The SMILES string of the molecule is Cl.NCc1ncccc1CCl. The van der Waals surface area contributed by atoms with Gasteiger partial charge in [0.05, 0.1) is 5.69 Å². The van der Waals surface area contributed by atoms with Crippen LogP contribution in [0.2, 0.25) is 0 Å². The predicted molar refractivity (Wildman–Crippen MR) is 48.9 cm³/mol. The van der Waals surface area contributed by atoms with E-state index < -0.39 is 0 Å². The maximum absolute atomic E-state index is 5.62. The van der Waals surface area contributed by atoms with Gasteiger partial charge in [-0.3, -0.25) is 4.98 Å². The molecule has 0 atom stereocenters. The summed E-state index contributed by atoms with van der Waals surface area (Å²) in [5.41, 5.74) is 7.31. The molecule has 2 N–H and O–H groups in total. The maximum atomic E-state index is 5.62. The molecule has 0 fully saturated rings. The Morgan fingerprint density at radius 1 is 1.55 bits per heavy atom. The highest BCUT2D eigenvalue weighted by atomic mass is 35.5. The van der Waals surface area contributed by atoms with E-state index in [-0.39, 0.29) is 12.4 Å². The lowest BCUT2D eigenvalue weighted by Crippen LogP contribution is -2.02. The molecule has 62 valence electrons. The first-order chi connectivity index (χ1) is 4.88. The summed E-state index contributed by atoms with van der Waals surface area (Å²) < 4.78 is 0. The number of hydrogen-bond acceptors (Lipinski definition) is 2. The molecule has 0 spiro atoms. The summed E-state index contributed by atoms with van der Waals surface area (Å²) in [6, 6.07) is 3.79. The quantitative estimate of drug-likeness (QED) is 0.726. The summed E-state index contributed by atoms with van der Waals surface area (Å²) in [5.74, 6) is 0.486. The fourth-order valence-electron chi connectivity index (χ4n) is 0.777. The van der Waals surface area contributed by atoms with Crippen LogP contribution in [0.1, 0.15) is 11.3 Å². The Labute approximate surface area is 77.2 Å². The van der Waals surface area contributed by atoms with Crippen LogP contribution in [0.25, 0.3) is 0 Å². The van der Waals surface area contributed by atoms with E-state index in [2.05, 4.69) is 4.98 Å². The highest BCUT2D eigenvalue weighted by Gasteiger charge is 1.97. The zero-order valence-corrected chi connectivity index (χ0v) is 7.53. The third kappa shape index (κ3) is 2.66. The molecule has 11 heavy (non-hydrogen) atoms. The van der Waals surface area contributed by atoms with Gasteiger partial charge in [0.1, 0.15) is 0 Å². The summed E-state index contributed by atoms with van der Waals surface area (Å²) >= 11 is 5.62. The number of nitrogens with two attached hydrogens (primary N) is 1. The van der Waals surface area contributed by atoms with Crippen LogP contribution in [0.5, 0.6) is 0 Å². The van der Waals surface area contributed by atoms with Gasteiger partial charge in [-0.25, -0.2) is 0 Å². The Bertz CT molecular complexity index is 192. The van der Waals surface area contributed by atoms with Gasteiger partial charge in [0.25, 0.3) is 0 Å². The van der Waals surface area contributed by atoms with Crippen LogP contribution in [0.15, 0.2) is 18.3 Å². The summed E-state index contributed by atoms with van der Waals surface area (Å²) in [4.78, 5) is 4.06. The number of pyridine rings is 1. The van der Waals surface area contributed by atoms with Crippen LogP contribution in [0.4, 0.5) is 0 Å². The van der Waals surface area contributed by atoms with E-state index in [9.17, 15) is 0 Å². The lowest BCUT2D eigenvalue weighted by Gasteiger charge is -2.00. The first-order valence-electron chi connectivity index (χ1n) is 3.07. The first-order valence-corrected chi connectivity index (χ1v) is 3.60. The number of hydrogen-bond donors (Lipinski definition) is 1. The molecule has 0 bridgehead atoms. The topological polar surface area (TPSA) is 38.9 Å². The Balaban J connectivity index is 0.000001000. The van der Waals surface area contributed by atoms with Crippen molar-refractivity contribution in [1.29, 1.82) is 0 Å². The van der Waals surface area contributed by atoms with Gasteiger partial charge in [-0.1, -0.05) is 6.07 Å². The van der Waals surface area contributed by atoms with E-state index in [0.717, 1.165) is 11.3 Å². The van der Waals surface area contributed by atoms with E-state index in [1.54, 1.807) is 6.20 Å². The van der Waals surface area contributed by atoms with Gasteiger partial charge in [0.15, 0.2) is 0 Å². The summed E-state index contributed by atoms with van der Waals surface area (Å²) in [6.45, 7) is 0.461. The Morgan fingerprint density at radius 3 is 2.73 bits per heavy atom. The number of halogens is 2. The predicted octanol–water partition coefficient (Wildman–Crippen LogP) is 1.70. The van der Waals surface area contributed by atoms with Gasteiger partial charge in [-0.05, 0) is 11.6 Å². The minimum absolute atomic E-state index is 0. The van der Waals surface area contributed by atoms with Gasteiger partial charge in [0.2, 0.25) is 0 Å². The molecule has 0 amide bonds. The second-order valence-electron chi connectivity index (χ2n) is 1.95. The lowest BCUT2D eigenvalue weighted by atomic mass is 10.2. The molecular weight excluding hydrogens is 183 g/mol. The van der Waals surface area contributed by atoms with Gasteiger partial charge in [-0.2, -0.15) is 0 Å². The van der Waals surface area contributed by atoms with Crippen molar-refractivity contribution < 1.29 is 0 Å². The van der Waals surface area contributed by atoms with E-state index >= 15 is 0 Å². The lowest BCUT2D eigenvalue weighted by molar-refractivity contribution is 0.963. The van der Waals surface area contributed by atoms with Gasteiger partial charge < -0.3 is 5.73 Å². The van der Waals surface area contributed by atoms with E-state index in [1.807, 2.05) is 12.1 Å². The average Bonchev–Trinajstić information content (AvgIpc) is 2.04. The molecule has 0 saturated heterocycles. The number of rotatable bonds is 2. The second kappa shape index (κ2) is 5.35. The monoisotopic (exact) mass is 192 g/mol. The normalized spacial score (nSPS) is 8.91. The van der Waals surface area contributed by atoms with Crippen molar-refractivity contribution in [2.45, 2.75) is 12.4 Å².